The van der Waals surface area contributed by atoms with Crippen molar-refractivity contribution in [2.24, 2.45) is 0 Å². The molecule has 0 fully saturated rings. The molecule has 2 N–H and O–H groups in total. The quantitative estimate of drug-likeness (QED) is 0.557. The Bertz CT molecular complexity index is 1020. The van der Waals surface area contributed by atoms with Crippen LogP contribution >= 0.6 is 11.6 Å². The number of carbonyl (C=O) groups is 2. The van der Waals surface area contributed by atoms with Crippen molar-refractivity contribution in [2.75, 3.05) is 10.6 Å². The lowest BCUT2D eigenvalue weighted by atomic mass is 10.1. The van der Waals surface area contributed by atoms with E-state index in [1.807, 2.05) is 26.0 Å². The van der Waals surface area contributed by atoms with Gasteiger partial charge >= 0.3 is 0 Å². The van der Waals surface area contributed by atoms with Crippen LogP contribution < -0.4 is 10.6 Å². The molecule has 3 aromatic rings. The molecule has 2 aromatic carbocycles. The summed E-state index contributed by atoms with van der Waals surface area (Å²) in [7, 11) is 0. The van der Waals surface area contributed by atoms with Gasteiger partial charge in [-0.1, -0.05) is 17.7 Å². The normalized spacial score (nSPS) is 10.4. The van der Waals surface area contributed by atoms with Crippen molar-refractivity contribution in [3.63, 3.8) is 0 Å². The van der Waals surface area contributed by atoms with E-state index in [1.165, 1.54) is 6.92 Å². The predicted molar refractivity (Wildman–Crippen MR) is 113 cm³/mol. The number of carbonyl (C=O) groups excluding carboxylic acids is 2. The van der Waals surface area contributed by atoms with E-state index in [2.05, 4.69) is 15.6 Å². The largest absolute Gasteiger partial charge is 0.354 e. The molecule has 1 heterocycles. The van der Waals surface area contributed by atoms with Gasteiger partial charge in [-0.15, -0.1) is 0 Å². The summed E-state index contributed by atoms with van der Waals surface area (Å²) >= 11 is 6.35. The Kier molecular flexibility index (Phi) is 5.76. The van der Waals surface area contributed by atoms with Gasteiger partial charge in [-0.2, -0.15) is 0 Å². The molecule has 6 heteroatoms. The van der Waals surface area contributed by atoms with Crippen LogP contribution in [0.25, 0.3) is 0 Å². The molecule has 28 heavy (non-hydrogen) atoms. The molecule has 0 bridgehead atoms. The van der Waals surface area contributed by atoms with Crippen LogP contribution in [-0.4, -0.2) is 16.7 Å². The van der Waals surface area contributed by atoms with E-state index in [9.17, 15) is 9.59 Å². The number of ketones is 1. The number of nitrogens with one attached hydrogen (secondary N) is 2. The molecule has 0 aliphatic rings. The molecular formula is C22H20ClN3O2. The van der Waals surface area contributed by atoms with Gasteiger partial charge in [-0.3, -0.25) is 14.6 Å². The molecule has 0 aliphatic carbocycles. The molecule has 0 atom stereocenters. The average Bonchev–Trinajstić information content (AvgIpc) is 2.65. The van der Waals surface area contributed by atoms with Gasteiger partial charge in [0.1, 0.15) is 5.69 Å². The Morgan fingerprint density at radius 3 is 2.32 bits per heavy atom. The molecule has 3 rings (SSSR count). The van der Waals surface area contributed by atoms with E-state index in [4.69, 9.17) is 11.6 Å². The minimum Gasteiger partial charge on any atom is -0.354 e. The van der Waals surface area contributed by atoms with Crippen molar-refractivity contribution < 1.29 is 9.59 Å². The highest BCUT2D eigenvalue weighted by Gasteiger charge is 2.11. The van der Waals surface area contributed by atoms with Crippen LogP contribution in [0.3, 0.4) is 0 Å². The van der Waals surface area contributed by atoms with Crippen molar-refractivity contribution >= 4 is 40.4 Å². The van der Waals surface area contributed by atoms with Gasteiger partial charge in [0.15, 0.2) is 5.78 Å². The number of aryl methyl sites for hydroxylation is 2. The Balaban J connectivity index is 1.77. The number of nitrogens with zero attached hydrogens (tertiary/aromatic N) is 1. The fourth-order valence-electron chi connectivity index (χ4n) is 2.83. The minimum absolute atomic E-state index is 0.0246. The maximum absolute atomic E-state index is 12.5. The second-order valence-electron chi connectivity index (χ2n) is 6.58. The molecule has 142 valence electrons. The van der Waals surface area contributed by atoms with Gasteiger partial charge in [-0.25, -0.2) is 0 Å². The van der Waals surface area contributed by atoms with Gasteiger partial charge in [0.2, 0.25) is 0 Å². The van der Waals surface area contributed by atoms with E-state index in [-0.39, 0.29) is 17.4 Å². The number of rotatable bonds is 5. The number of Topliss-reactive ketones (excluding diaryl/α,β-unsaturated/α-hetero) is 1. The summed E-state index contributed by atoms with van der Waals surface area (Å²) in [4.78, 5) is 28.0. The number of halogens is 1. The van der Waals surface area contributed by atoms with Crippen LogP contribution in [0.2, 0.25) is 5.02 Å². The number of amides is 1. The topological polar surface area (TPSA) is 71.1 Å². The first-order chi connectivity index (χ1) is 13.3. The predicted octanol–water partition coefficient (Wildman–Crippen LogP) is 5.55. The Hall–Kier alpha value is -3.18. The Morgan fingerprint density at radius 2 is 1.68 bits per heavy atom. The Morgan fingerprint density at radius 1 is 0.964 bits per heavy atom. The van der Waals surface area contributed by atoms with Crippen molar-refractivity contribution in [2.45, 2.75) is 20.8 Å². The lowest BCUT2D eigenvalue weighted by molar-refractivity contribution is 0.101. The zero-order valence-corrected chi connectivity index (χ0v) is 16.6. The summed E-state index contributed by atoms with van der Waals surface area (Å²) in [5.41, 5.74) is 5.05. The molecule has 0 radical (unpaired) electrons. The number of hydrogen-bond acceptors (Lipinski definition) is 4. The molecule has 0 aliphatic heterocycles. The summed E-state index contributed by atoms with van der Waals surface area (Å²) in [5, 5.41) is 6.65. The van der Waals surface area contributed by atoms with Gasteiger partial charge in [0, 0.05) is 23.1 Å². The lowest BCUT2D eigenvalue weighted by Crippen LogP contribution is -2.14. The van der Waals surface area contributed by atoms with Gasteiger partial charge in [-0.05, 0) is 74.4 Å². The summed E-state index contributed by atoms with van der Waals surface area (Å²) in [6.07, 6.45) is 1.56. The maximum atomic E-state index is 12.5. The zero-order valence-electron chi connectivity index (χ0n) is 15.8. The fraction of sp³-hybridized carbons (Fsp3) is 0.136. The molecule has 0 saturated heterocycles. The lowest BCUT2D eigenvalue weighted by Gasteiger charge is -2.13. The molecule has 0 spiro atoms. The van der Waals surface area contributed by atoms with Crippen LogP contribution in [0.15, 0.2) is 54.7 Å². The average molecular weight is 394 g/mol. The highest BCUT2D eigenvalue weighted by atomic mass is 35.5. The maximum Gasteiger partial charge on any atom is 0.274 e. The van der Waals surface area contributed by atoms with E-state index >= 15 is 0 Å². The second kappa shape index (κ2) is 8.23. The standard InChI is InChI=1S/C22H20ClN3O2/c1-13-10-14(2)21(19(23)11-13)25-18-8-9-24-20(12-18)22(28)26-17-6-4-16(5-7-17)15(3)27/h4-12H,1-3H3,(H,24,25)(H,26,28). The molecule has 5 nitrogen and oxygen atoms in total. The highest BCUT2D eigenvalue weighted by molar-refractivity contribution is 6.33. The first-order valence-corrected chi connectivity index (χ1v) is 9.13. The minimum atomic E-state index is -0.342. The fourth-order valence-corrected chi connectivity index (χ4v) is 3.20. The number of hydrogen-bond donors (Lipinski definition) is 2. The molecule has 1 aromatic heterocycles. The van der Waals surface area contributed by atoms with Crippen LogP contribution in [0.5, 0.6) is 0 Å². The van der Waals surface area contributed by atoms with Crippen LogP contribution in [-0.2, 0) is 0 Å². The monoisotopic (exact) mass is 393 g/mol. The third-order valence-corrected chi connectivity index (χ3v) is 4.54. The number of aromatic nitrogens is 1. The summed E-state index contributed by atoms with van der Waals surface area (Å²) < 4.78 is 0. The first kappa shape index (κ1) is 19.6. The van der Waals surface area contributed by atoms with Gasteiger partial charge < -0.3 is 10.6 Å². The van der Waals surface area contributed by atoms with E-state index in [1.54, 1.807) is 42.6 Å². The van der Waals surface area contributed by atoms with Crippen LogP contribution in [0, 0.1) is 13.8 Å². The van der Waals surface area contributed by atoms with Crippen molar-refractivity contribution in [1.82, 2.24) is 4.98 Å². The highest BCUT2D eigenvalue weighted by Crippen LogP contribution is 2.30. The van der Waals surface area contributed by atoms with Crippen LogP contribution in [0.1, 0.15) is 38.9 Å². The van der Waals surface area contributed by atoms with E-state index < -0.39 is 0 Å². The van der Waals surface area contributed by atoms with E-state index in [0.29, 0.717) is 22.0 Å². The SMILES string of the molecule is CC(=O)c1ccc(NC(=O)c2cc(Nc3c(C)cc(C)cc3Cl)ccn2)cc1. The summed E-state index contributed by atoms with van der Waals surface area (Å²) in [6.45, 7) is 5.46. The number of anilines is 3. The summed E-state index contributed by atoms with van der Waals surface area (Å²) in [5.74, 6) is -0.366. The van der Waals surface area contributed by atoms with E-state index in [0.717, 1.165) is 16.8 Å². The third kappa shape index (κ3) is 4.56. The molecule has 0 saturated carbocycles. The zero-order chi connectivity index (χ0) is 20.3. The van der Waals surface area contributed by atoms with Crippen molar-refractivity contribution in [1.29, 1.82) is 0 Å². The number of benzene rings is 2. The molecule has 1 amide bonds. The molecule has 0 unspecified atom stereocenters. The van der Waals surface area contributed by atoms with Gasteiger partial charge in [0.25, 0.3) is 5.91 Å². The summed E-state index contributed by atoms with van der Waals surface area (Å²) in [6, 6.07) is 14.1. The Labute approximate surface area is 168 Å². The smallest absolute Gasteiger partial charge is 0.274 e. The molecular weight excluding hydrogens is 374 g/mol. The van der Waals surface area contributed by atoms with Crippen molar-refractivity contribution in [3.05, 3.63) is 82.1 Å². The second-order valence-corrected chi connectivity index (χ2v) is 6.99. The number of pyridine rings is 1. The van der Waals surface area contributed by atoms with Gasteiger partial charge in [0.05, 0.1) is 10.7 Å². The third-order valence-electron chi connectivity index (χ3n) is 4.24. The van der Waals surface area contributed by atoms with Crippen LogP contribution in [0.4, 0.5) is 17.1 Å². The first-order valence-electron chi connectivity index (χ1n) is 8.75. The van der Waals surface area contributed by atoms with Crippen molar-refractivity contribution in [3.8, 4) is 0 Å².